The van der Waals surface area contributed by atoms with E-state index < -0.39 is 58.9 Å². The van der Waals surface area contributed by atoms with Gasteiger partial charge in [-0.1, -0.05) is 13.8 Å². The summed E-state index contributed by atoms with van der Waals surface area (Å²) in [4.78, 5) is 12.0. The molecule has 2 rings (SSSR count). The van der Waals surface area contributed by atoms with Gasteiger partial charge in [0.05, 0.1) is 10.4 Å². The minimum Gasteiger partial charge on any atom is -0.460 e. The molecule has 2 atom stereocenters. The van der Waals surface area contributed by atoms with Crippen LogP contribution in [0.1, 0.15) is 19.4 Å². The number of hydrogen-bond acceptors (Lipinski definition) is 2. The summed E-state index contributed by atoms with van der Waals surface area (Å²) in [5.74, 6) is -6.13. The van der Waals surface area contributed by atoms with Crippen LogP contribution in [-0.2, 0) is 16.1 Å². The molecular formula is C15H12BrF5O2. The number of ether oxygens (including phenoxy) is 1. The Hall–Kier alpha value is -1.44. The maximum atomic E-state index is 13.6. The van der Waals surface area contributed by atoms with Gasteiger partial charge in [0.1, 0.15) is 12.4 Å². The van der Waals surface area contributed by atoms with Crippen molar-refractivity contribution in [1.29, 1.82) is 0 Å². The molecule has 0 saturated heterocycles. The molecule has 0 amide bonds. The molecule has 0 unspecified atom stereocenters. The molecule has 126 valence electrons. The molecular weight excluding hydrogens is 387 g/mol. The van der Waals surface area contributed by atoms with Crippen LogP contribution in [0.25, 0.3) is 0 Å². The molecule has 1 fully saturated rings. The standard InChI is InChI=1S/C15H12BrF5O2/c1-15(2)7(3-10(19)20)11(15)14(22)23-5-6-12(16)8(17)4-9(18)13(6)21/h3-4,7,11H,5H2,1-2H3/t7-,11+/m1/s1. The van der Waals surface area contributed by atoms with E-state index in [2.05, 4.69) is 15.9 Å². The van der Waals surface area contributed by atoms with Gasteiger partial charge in [-0.05, 0) is 27.4 Å². The molecule has 0 N–H and O–H groups in total. The highest BCUT2D eigenvalue weighted by atomic mass is 79.9. The van der Waals surface area contributed by atoms with Crippen LogP contribution < -0.4 is 0 Å². The van der Waals surface area contributed by atoms with Crippen molar-refractivity contribution in [3.05, 3.63) is 45.7 Å². The first kappa shape index (κ1) is 17.9. The largest absolute Gasteiger partial charge is 0.460 e. The third-order valence-corrected chi connectivity index (χ3v) is 4.89. The average molecular weight is 399 g/mol. The highest BCUT2D eigenvalue weighted by molar-refractivity contribution is 9.10. The summed E-state index contributed by atoms with van der Waals surface area (Å²) in [5, 5.41) is 0. The van der Waals surface area contributed by atoms with E-state index in [1.54, 1.807) is 13.8 Å². The van der Waals surface area contributed by atoms with Crippen LogP contribution in [0.15, 0.2) is 22.7 Å². The Morgan fingerprint density at radius 2 is 1.91 bits per heavy atom. The van der Waals surface area contributed by atoms with Gasteiger partial charge in [-0.15, -0.1) is 0 Å². The summed E-state index contributed by atoms with van der Waals surface area (Å²) in [6, 6.07) is 0.361. The van der Waals surface area contributed by atoms with Gasteiger partial charge in [-0.25, -0.2) is 13.2 Å². The van der Waals surface area contributed by atoms with E-state index in [0.29, 0.717) is 12.1 Å². The third kappa shape index (κ3) is 3.41. The van der Waals surface area contributed by atoms with Crippen molar-refractivity contribution in [2.24, 2.45) is 17.3 Å². The van der Waals surface area contributed by atoms with E-state index in [1.807, 2.05) is 0 Å². The second-order valence-electron chi connectivity index (χ2n) is 5.84. The lowest BCUT2D eigenvalue weighted by atomic mass is 10.1. The number of esters is 1. The van der Waals surface area contributed by atoms with Crippen LogP contribution >= 0.6 is 15.9 Å². The molecule has 1 aromatic carbocycles. The Bertz CT molecular complexity index is 657. The Kier molecular flexibility index (Phi) is 4.84. The second-order valence-corrected chi connectivity index (χ2v) is 6.63. The van der Waals surface area contributed by atoms with Gasteiger partial charge >= 0.3 is 5.97 Å². The summed E-state index contributed by atoms with van der Waals surface area (Å²) < 4.78 is 69.3. The number of carbonyl (C=O) groups is 1. The normalized spacial score (nSPS) is 21.7. The zero-order chi connectivity index (χ0) is 17.5. The summed E-state index contributed by atoms with van der Waals surface area (Å²) in [5.41, 5.74) is -1.21. The quantitative estimate of drug-likeness (QED) is 0.407. The van der Waals surface area contributed by atoms with Crippen LogP contribution in [-0.4, -0.2) is 5.97 Å². The summed E-state index contributed by atoms with van der Waals surface area (Å²) in [6.07, 6.45) is -1.23. The van der Waals surface area contributed by atoms with Gasteiger partial charge < -0.3 is 4.74 Å². The predicted molar refractivity (Wildman–Crippen MR) is 74.9 cm³/mol. The zero-order valence-corrected chi connectivity index (χ0v) is 13.7. The predicted octanol–water partition coefficient (Wildman–Crippen LogP) is 4.96. The molecule has 2 nitrogen and oxygen atoms in total. The Labute approximate surface area is 137 Å². The molecule has 23 heavy (non-hydrogen) atoms. The number of halogens is 6. The molecule has 1 aromatic rings. The molecule has 0 heterocycles. The molecule has 1 saturated carbocycles. The SMILES string of the molecule is CC1(C)[C@H](C=C(F)F)[C@H]1C(=O)OCc1c(F)c(F)cc(F)c1Br. The van der Waals surface area contributed by atoms with Crippen molar-refractivity contribution in [2.75, 3.05) is 0 Å². The topological polar surface area (TPSA) is 26.3 Å². The summed E-state index contributed by atoms with van der Waals surface area (Å²) in [6.45, 7) is 2.52. The molecule has 8 heteroatoms. The van der Waals surface area contributed by atoms with Crippen LogP contribution in [0.3, 0.4) is 0 Å². The van der Waals surface area contributed by atoms with Gasteiger partial charge in [-0.2, -0.15) is 8.78 Å². The number of benzene rings is 1. The maximum absolute atomic E-state index is 13.6. The van der Waals surface area contributed by atoms with Gasteiger partial charge in [0, 0.05) is 17.5 Å². The lowest BCUT2D eigenvalue weighted by molar-refractivity contribution is -0.147. The minimum atomic E-state index is -1.90. The van der Waals surface area contributed by atoms with E-state index in [0.717, 1.165) is 0 Å². The van der Waals surface area contributed by atoms with Crippen molar-refractivity contribution in [3.8, 4) is 0 Å². The monoisotopic (exact) mass is 398 g/mol. The summed E-state index contributed by atoms with van der Waals surface area (Å²) >= 11 is 2.75. The Balaban J connectivity index is 2.11. The lowest BCUT2D eigenvalue weighted by Crippen LogP contribution is -2.12. The van der Waals surface area contributed by atoms with E-state index in [1.165, 1.54) is 0 Å². The Morgan fingerprint density at radius 3 is 2.48 bits per heavy atom. The minimum absolute atomic E-state index is 0.356. The van der Waals surface area contributed by atoms with Crippen LogP contribution in [0.2, 0.25) is 0 Å². The molecule has 1 aliphatic rings. The average Bonchev–Trinajstić information content (AvgIpc) is 2.96. The maximum Gasteiger partial charge on any atom is 0.310 e. The fourth-order valence-electron chi connectivity index (χ4n) is 2.56. The van der Waals surface area contributed by atoms with E-state index in [9.17, 15) is 26.7 Å². The zero-order valence-electron chi connectivity index (χ0n) is 12.1. The van der Waals surface area contributed by atoms with E-state index in [4.69, 9.17) is 4.74 Å². The van der Waals surface area contributed by atoms with Crippen LogP contribution in [0, 0.1) is 34.7 Å². The fraction of sp³-hybridized carbons (Fsp3) is 0.400. The highest BCUT2D eigenvalue weighted by Gasteiger charge is 2.62. The molecule has 0 aromatic heterocycles. The molecule has 1 aliphatic carbocycles. The number of rotatable bonds is 4. The van der Waals surface area contributed by atoms with E-state index >= 15 is 0 Å². The number of hydrogen-bond donors (Lipinski definition) is 0. The molecule has 0 aliphatic heterocycles. The first-order valence-corrected chi connectivity index (χ1v) is 7.38. The summed E-state index contributed by atoms with van der Waals surface area (Å²) in [7, 11) is 0. The smallest absolute Gasteiger partial charge is 0.310 e. The highest BCUT2D eigenvalue weighted by Crippen LogP contribution is 2.60. The molecule has 0 radical (unpaired) electrons. The molecule has 0 spiro atoms. The van der Waals surface area contributed by atoms with Gasteiger partial charge in [0.15, 0.2) is 11.6 Å². The third-order valence-electron chi connectivity index (χ3n) is 4.03. The van der Waals surface area contributed by atoms with E-state index in [-0.39, 0.29) is 4.47 Å². The lowest BCUT2D eigenvalue weighted by Gasteiger charge is -2.10. The van der Waals surface area contributed by atoms with Crippen LogP contribution in [0.4, 0.5) is 22.0 Å². The van der Waals surface area contributed by atoms with Gasteiger partial charge in [0.2, 0.25) is 0 Å². The second kappa shape index (κ2) is 6.22. The first-order valence-electron chi connectivity index (χ1n) is 6.58. The first-order chi connectivity index (χ1) is 10.6. The van der Waals surface area contributed by atoms with Gasteiger partial charge in [-0.3, -0.25) is 4.79 Å². The van der Waals surface area contributed by atoms with Crippen molar-refractivity contribution in [3.63, 3.8) is 0 Å². The van der Waals surface area contributed by atoms with Gasteiger partial charge in [0.25, 0.3) is 6.08 Å². The fourth-order valence-corrected chi connectivity index (χ4v) is 2.96. The molecule has 0 bridgehead atoms. The van der Waals surface area contributed by atoms with Crippen LogP contribution in [0.5, 0.6) is 0 Å². The number of allylic oxidation sites excluding steroid dienone is 1. The van der Waals surface area contributed by atoms with Crippen molar-refractivity contribution in [1.82, 2.24) is 0 Å². The number of carbonyl (C=O) groups excluding carboxylic acids is 1. The van der Waals surface area contributed by atoms with Crippen molar-refractivity contribution in [2.45, 2.75) is 20.5 Å². The Morgan fingerprint density at radius 1 is 1.30 bits per heavy atom. The van der Waals surface area contributed by atoms with Crippen molar-refractivity contribution < 1.29 is 31.5 Å². The van der Waals surface area contributed by atoms with Crippen molar-refractivity contribution >= 4 is 21.9 Å².